The third kappa shape index (κ3) is 2.50. The van der Waals surface area contributed by atoms with Crippen molar-refractivity contribution in [1.82, 2.24) is 0 Å². The quantitative estimate of drug-likeness (QED) is 0.798. The van der Waals surface area contributed by atoms with Gasteiger partial charge in [-0.2, -0.15) is 0 Å². The molecule has 0 radical (unpaired) electrons. The van der Waals surface area contributed by atoms with Gasteiger partial charge >= 0.3 is 6.09 Å². The number of benzene rings is 2. The van der Waals surface area contributed by atoms with Gasteiger partial charge in [-0.3, -0.25) is 4.90 Å². The first-order chi connectivity index (χ1) is 10.6. The van der Waals surface area contributed by atoms with Gasteiger partial charge in [0.05, 0.1) is 11.7 Å². The number of anilines is 1. The summed E-state index contributed by atoms with van der Waals surface area (Å²) < 4.78 is 5.95. The number of para-hydroxylation sites is 1. The topological polar surface area (TPSA) is 49.8 Å². The summed E-state index contributed by atoms with van der Waals surface area (Å²) in [5, 5.41) is 10.2. The largest absolute Gasteiger partial charge is 0.465 e. The molecule has 2 aromatic rings. The second-order valence-corrected chi connectivity index (χ2v) is 5.65. The van der Waals surface area contributed by atoms with Crippen LogP contribution in [0.5, 0.6) is 11.5 Å². The summed E-state index contributed by atoms with van der Waals surface area (Å²) in [5.41, 5.74) is 1.36. The first kappa shape index (κ1) is 14.7. The Morgan fingerprint density at radius 3 is 2.77 bits per heavy atom. The summed E-state index contributed by atoms with van der Waals surface area (Å²) in [6.07, 6.45) is 0.555. The SMILES string of the molecule is CCCC1c2ccccc2Oc2ccc(Cl)cc2N1C(=O)O. The Morgan fingerprint density at radius 2 is 2.05 bits per heavy atom. The van der Waals surface area contributed by atoms with Crippen LogP contribution in [0, 0.1) is 0 Å². The molecule has 0 aromatic heterocycles. The number of nitrogens with zero attached hydrogens (tertiary/aromatic N) is 1. The zero-order valence-corrected chi connectivity index (χ0v) is 12.9. The minimum atomic E-state index is -1.01. The molecule has 0 bridgehead atoms. The minimum absolute atomic E-state index is 0.293. The van der Waals surface area contributed by atoms with Crippen molar-refractivity contribution in [2.45, 2.75) is 25.8 Å². The third-order valence-electron chi connectivity index (χ3n) is 3.76. The summed E-state index contributed by atoms with van der Waals surface area (Å²) in [5.74, 6) is 1.19. The lowest BCUT2D eigenvalue weighted by Crippen LogP contribution is -2.33. The average Bonchev–Trinajstić information content (AvgIpc) is 2.62. The Labute approximate surface area is 133 Å². The van der Waals surface area contributed by atoms with E-state index in [0.717, 1.165) is 12.0 Å². The minimum Gasteiger partial charge on any atom is -0.465 e. The second kappa shape index (κ2) is 5.89. The van der Waals surface area contributed by atoms with Crippen molar-refractivity contribution in [3.05, 3.63) is 53.1 Å². The molecule has 22 heavy (non-hydrogen) atoms. The molecule has 0 aliphatic carbocycles. The van der Waals surface area contributed by atoms with Crippen LogP contribution >= 0.6 is 11.6 Å². The molecule has 1 amide bonds. The summed E-state index contributed by atoms with van der Waals surface area (Å²) in [6.45, 7) is 2.03. The van der Waals surface area contributed by atoms with E-state index in [1.807, 2.05) is 31.2 Å². The highest BCUT2D eigenvalue weighted by Gasteiger charge is 2.33. The van der Waals surface area contributed by atoms with E-state index in [-0.39, 0.29) is 6.04 Å². The van der Waals surface area contributed by atoms with Gasteiger partial charge in [0, 0.05) is 10.6 Å². The Balaban J connectivity index is 2.24. The average molecular weight is 318 g/mol. The number of hydrogen-bond donors (Lipinski definition) is 1. The van der Waals surface area contributed by atoms with Crippen LogP contribution < -0.4 is 9.64 Å². The van der Waals surface area contributed by atoms with E-state index < -0.39 is 6.09 Å². The smallest absolute Gasteiger partial charge is 0.412 e. The first-order valence-electron chi connectivity index (χ1n) is 7.20. The van der Waals surface area contributed by atoms with Crippen molar-refractivity contribution in [2.24, 2.45) is 0 Å². The third-order valence-corrected chi connectivity index (χ3v) is 3.99. The van der Waals surface area contributed by atoms with Crippen LogP contribution in [-0.2, 0) is 0 Å². The van der Waals surface area contributed by atoms with Gasteiger partial charge in [-0.1, -0.05) is 43.1 Å². The Bertz CT molecular complexity index is 717. The first-order valence-corrected chi connectivity index (χ1v) is 7.58. The van der Waals surface area contributed by atoms with Crippen LogP contribution in [0.1, 0.15) is 31.4 Å². The number of rotatable bonds is 2. The molecule has 1 N–H and O–H groups in total. The molecule has 0 spiro atoms. The zero-order chi connectivity index (χ0) is 15.7. The van der Waals surface area contributed by atoms with Gasteiger partial charge in [0.25, 0.3) is 0 Å². The Morgan fingerprint density at radius 1 is 1.27 bits per heavy atom. The number of fused-ring (bicyclic) bond motifs is 2. The number of halogens is 1. The molecule has 0 fully saturated rings. The maximum absolute atomic E-state index is 11.9. The number of amides is 1. The van der Waals surface area contributed by atoms with Crippen molar-refractivity contribution in [2.75, 3.05) is 4.90 Å². The Hall–Kier alpha value is -2.20. The van der Waals surface area contributed by atoms with E-state index in [0.29, 0.717) is 28.6 Å². The fourth-order valence-corrected chi connectivity index (χ4v) is 3.00. The predicted molar refractivity (Wildman–Crippen MR) is 86.1 cm³/mol. The zero-order valence-electron chi connectivity index (χ0n) is 12.1. The Kier molecular flexibility index (Phi) is 3.94. The van der Waals surface area contributed by atoms with Crippen molar-refractivity contribution in [3.8, 4) is 11.5 Å². The summed E-state index contributed by atoms with van der Waals surface area (Å²) in [6, 6.07) is 12.3. The van der Waals surface area contributed by atoms with Gasteiger partial charge in [0.2, 0.25) is 0 Å². The number of hydrogen-bond acceptors (Lipinski definition) is 2. The fourth-order valence-electron chi connectivity index (χ4n) is 2.83. The number of carbonyl (C=O) groups is 1. The molecule has 1 aliphatic rings. The van der Waals surface area contributed by atoms with E-state index in [1.54, 1.807) is 18.2 Å². The van der Waals surface area contributed by atoms with Gasteiger partial charge in [-0.05, 0) is 30.7 Å². The molecule has 0 saturated heterocycles. The van der Waals surface area contributed by atoms with Crippen LogP contribution in [0.25, 0.3) is 0 Å². The van der Waals surface area contributed by atoms with Crippen LogP contribution in [0.2, 0.25) is 5.02 Å². The van der Waals surface area contributed by atoms with Crippen molar-refractivity contribution in [1.29, 1.82) is 0 Å². The highest BCUT2D eigenvalue weighted by Crippen LogP contribution is 2.46. The highest BCUT2D eigenvalue weighted by molar-refractivity contribution is 6.31. The number of ether oxygens (including phenoxy) is 1. The molecule has 1 atom stereocenters. The molecule has 1 heterocycles. The van der Waals surface area contributed by atoms with Crippen molar-refractivity contribution < 1.29 is 14.6 Å². The molecule has 2 aromatic carbocycles. The molecule has 5 heteroatoms. The van der Waals surface area contributed by atoms with E-state index in [9.17, 15) is 9.90 Å². The normalized spacial score (nSPS) is 16.3. The van der Waals surface area contributed by atoms with Crippen LogP contribution in [0.3, 0.4) is 0 Å². The van der Waals surface area contributed by atoms with E-state index in [1.165, 1.54) is 4.90 Å². The number of carboxylic acid groups (broad SMARTS) is 1. The van der Waals surface area contributed by atoms with E-state index >= 15 is 0 Å². The maximum Gasteiger partial charge on any atom is 0.412 e. The molecular formula is C17H16ClNO3. The lowest BCUT2D eigenvalue weighted by atomic mass is 9.99. The van der Waals surface area contributed by atoms with Crippen molar-refractivity contribution >= 4 is 23.4 Å². The van der Waals surface area contributed by atoms with E-state index in [4.69, 9.17) is 16.3 Å². The fraction of sp³-hybridized carbons (Fsp3) is 0.235. The monoisotopic (exact) mass is 317 g/mol. The van der Waals surface area contributed by atoms with Gasteiger partial charge < -0.3 is 9.84 Å². The molecule has 0 saturated carbocycles. The molecule has 4 nitrogen and oxygen atoms in total. The van der Waals surface area contributed by atoms with Gasteiger partial charge in [0.15, 0.2) is 5.75 Å². The van der Waals surface area contributed by atoms with Crippen LogP contribution in [-0.4, -0.2) is 11.2 Å². The summed E-state index contributed by atoms with van der Waals surface area (Å²) >= 11 is 6.06. The standard InChI is InChI=1S/C17H16ClNO3/c1-2-5-13-12-6-3-4-7-15(12)22-16-9-8-11(18)10-14(16)19(13)17(20)21/h3-4,6-10,13H,2,5H2,1H3,(H,20,21). The lowest BCUT2D eigenvalue weighted by molar-refractivity contribution is 0.198. The molecular weight excluding hydrogens is 302 g/mol. The van der Waals surface area contributed by atoms with Gasteiger partial charge in [0.1, 0.15) is 5.75 Å². The lowest BCUT2D eigenvalue weighted by Gasteiger charge is -2.28. The predicted octanol–water partition coefficient (Wildman–Crippen LogP) is 5.47. The molecule has 114 valence electrons. The molecule has 1 aliphatic heterocycles. The summed E-state index contributed by atoms with van der Waals surface area (Å²) in [7, 11) is 0. The van der Waals surface area contributed by atoms with E-state index in [2.05, 4.69) is 0 Å². The van der Waals surface area contributed by atoms with Crippen LogP contribution in [0.15, 0.2) is 42.5 Å². The molecule has 1 unspecified atom stereocenters. The van der Waals surface area contributed by atoms with Crippen molar-refractivity contribution in [3.63, 3.8) is 0 Å². The second-order valence-electron chi connectivity index (χ2n) is 5.21. The molecule has 3 rings (SSSR count). The highest BCUT2D eigenvalue weighted by atomic mass is 35.5. The van der Waals surface area contributed by atoms with Crippen LogP contribution in [0.4, 0.5) is 10.5 Å². The summed E-state index contributed by atoms with van der Waals surface area (Å²) in [4.78, 5) is 13.3. The van der Waals surface area contributed by atoms with Gasteiger partial charge in [-0.15, -0.1) is 0 Å². The maximum atomic E-state index is 11.9. The van der Waals surface area contributed by atoms with Gasteiger partial charge in [-0.25, -0.2) is 4.79 Å².